The van der Waals surface area contributed by atoms with Gasteiger partial charge < -0.3 is 9.73 Å². The molecule has 0 bridgehead atoms. The van der Waals surface area contributed by atoms with Crippen molar-refractivity contribution in [1.82, 2.24) is 14.9 Å². The van der Waals surface area contributed by atoms with E-state index in [0.29, 0.717) is 24.0 Å². The van der Waals surface area contributed by atoms with Gasteiger partial charge in [-0.1, -0.05) is 11.2 Å². The molecule has 7 nitrogen and oxygen atoms in total. The second-order valence-corrected chi connectivity index (χ2v) is 10.8. The zero-order valence-corrected chi connectivity index (χ0v) is 17.2. The Morgan fingerprint density at radius 3 is 2.54 bits per heavy atom. The van der Waals surface area contributed by atoms with E-state index in [9.17, 15) is 12.8 Å². The van der Waals surface area contributed by atoms with Crippen LogP contribution >= 0.6 is 0 Å². The first kappa shape index (κ1) is 20.7. The lowest BCUT2D eigenvalue weighted by Gasteiger charge is -2.29. The number of halogens is 1. The average Bonchev–Trinajstić information content (AvgIpc) is 3.09. The molecule has 0 saturated heterocycles. The van der Waals surface area contributed by atoms with Gasteiger partial charge in [-0.25, -0.2) is 17.5 Å². The third-order valence-corrected chi connectivity index (χ3v) is 7.20. The largest absolute Gasteiger partial charge is 0.403 e. The molecule has 1 aliphatic carbocycles. The van der Waals surface area contributed by atoms with Crippen molar-refractivity contribution in [2.75, 3.05) is 11.9 Å². The number of hydrogen-bond acceptors (Lipinski definition) is 6. The SMILES string of the molecule is CC(C)(C)S(=O)(=O)NC[C@H]1CC[C@H](Nc2nnc(-c3cccc(F)c3)o2)CC1. The Kier molecular flexibility index (Phi) is 6.04. The highest BCUT2D eigenvalue weighted by Gasteiger charge is 2.30. The van der Waals surface area contributed by atoms with Crippen molar-refractivity contribution in [3.05, 3.63) is 30.1 Å². The van der Waals surface area contributed by atoms with Gasteiger partial charge in [0.1, 0.15) is 5.82 Å². The number of nitrogens with zero attached hydrogens (tertiary/aromatic N) is 2. The van der Waals surface area contributed by atoms with Crippen LogP contribution in [0.4, 0.5) is 10.4 Å². The first-order chi connectivity index (χ1) is 13.1. The molecule has 2 aromatic rings. The Bertz CT molecular complexity index is 900. The first-order valence-corrected chi connectivity index (χ1v) is 11.0. The molecule has 1 aromatic carbocycles. The van der Waals surface area contributed by atoms with Crippen molar-refractivity contribution in [3.8, 4) is 11.5 Å². The number of nitrogens with one attached hydrogen (secondary N) is 2. The minimum Gasteiger partial charge on any atom is -0.403 e. The summed E-state index contributed by atoms with van der Waals surface area (Å²) in [6.45, 7) is 5.55. The molecule has 0 amide bonds. The van der Waals surface area contributed by atoms with Crippen molar-refractivity contribution in [2.24, 2.45) is 5.92 Å². The van der Waals surface area contributed by atoms with E-state index in [1.807, 2.05) is 0 Å². The number of benzene rings is 1. The molecule has 1 saturated carbocycles. The van der Waals surface area contributed by atoms with E-state index in [1.54, 1.807) is 32.9 Å². The van der Waals surface area contributed by atoms with E-state index in [1.165, 1.54) is 12.1 Å². The Labute approximate surface area is 165 Å². The van der Waals surface area contributed by atoms with Crippen LogP contribution in [-0.4, -0.2) is 35.9 Å². The average molecular weight is 411 g/mol. The predicted molar refractivity (Wildman–Crippen MR) is 106 cm³/mol. The van der Waals surface area contributed by atoms with Crippen molar-refractivity contribution in [1.29, 1.82) is 0 Å². The summed E-state index contributed by atoms with van der Waals surface area (Å²) in [6.07, 6.45) is 3.60. The van der Waals surface area contributed by atoms with E-state index < -0.39 is 14.8 Å². The van der Waals surface area contributed by atoms with Crippen LogP contribution in [0.25, 0.3) is 11.5 Å². The summed E-state index contributed by atoms with van der Waals surface area (Å²) in [5.41, 5.74) is 0.537. The molecular weight excluding hydrogens is 383 g/mol. The molecule has 0 spiro atoms. The van der Waals surface area contributed by atoms with Crippen LogP contribution in [0.1, 0.15) is 46.5 Å². The van der Waals surface area contributed by atoms with E-state index in [0.717, 1.165) is 25.7 Å². The van der Waals surface area contributed by atoms with Gasteiger partial charge in [-0.05, 0) is 70.6 Å². The Morgan fingerprint density at radius 2 is 1.89 bits per heavy atom. The second kappa shape index (κ2) is 8.16. The Hall–Kier alpha value is -2.00. The van der Waals surface area contributed by atoms with Gasteiger partial charge in [0.2, 0.25) is 15.9 Å². The number of aromatic nitrogens is 2. The molecule has 28 heavy (non-hydrogen) atoms. The molecule has 9 heteroatoms. The fraction of sp³-hybridized carbons (Fsp3) is 0.579. The van der Waals surface area contributed by atoms with Gasteiger partial charge in [-0.3, -0.25) is 0 Å². The van der Waals surface area contributed by atoms with E-state index in [4.69, 9.17) is 4.42 Å². The summed E-state index contributed by atoms with van der Waals surface area (Å²) in [4.78, 5) is 0. The van der Waals surface area contributed by atoms with Crippen molar-refractivity contribution in [3.63, 3.8) is 0 Å². The Balaban J connectivity index is 1.49. The van der Waals surface area contributed by atoms with Crippen LogP contribution in [0, 0.1) is 11.7 Å². The minimum atomic E-state index is -3.31. The molecule has 2 N–H and O–H groups in total. The monoisotopic (exact) mass is 410 g/mol. The van der Waals surface area contributed by atoms with Gasteiger partial charge in [0.15, 0.2) is 0 Å². The predicted octanol–water partition coefficient (Wildman–Crippen LogP) is 3.56. The van der Waals surface area contributed by atoms with Gasteiger partial charge in [-0.2, -0.15) is 0 Å². The van der Waals surface area contributed by atoms with Crippen LogP contribution in [0.5, 0.6) is 0 Å². The van der Waals surface area contributed by atoms with Gasteiger partial charge >= 0.3 is 6.01 Å². The molecule has 0 aliphatic heterocycles. The Morgan fingerprint density at radius 1 is 1.18 bits per heavy atom. The molecule has 1 aromatic heterocycles. The summed E-state index contributed by atoms with van der Waals surface area (Å²) in [6, 6.07) is 6.52. The minimum absolute atomic E-state index is 0.191. The summed E-state index contributed by atoms with van der Waals surface area (Å²) in [5, 5.41) is 11.2. The summed E-state index contributed by atoms with van der Waals surface area (Å²) in [7, 11) is -3.31. The molecule has 154 valence electrons. The second-order valence-electron chi connectivity index (χ2n) is 8.25. The molecule has 1 aliphatic rings. The highest BCUT2D eigenvalue weighted by atomic mass is 32.2. The van der Waals surface area contributed by atoms with Crippen molar-refractivity contribution >= 4 is 16.0 Å². The molecule has 1 heterocycles. The maximum Gasteiger partial charge on any atom is 0.315 e. The van der Waals surface area contributed by atoms with E-state index in [2.05, 4.69) is 20.2 Å². The van der Waals surface area contributed by atoms with E-state index in [-0.39, 0.29) is 17.7 Å². The highest BCUT2D eigenvalue weighted by Crippen LogP contribution is 2.28. The van der Waals surface area contributed by atoms with Gasteiger partial charge in [-0.15, -0.1) is 5.10 Å². The van der Waals surface area contributed by atoms with Crippen molar-refractivity contribution < 1.29 is 17.2 Å². The summed E-state index contributed by atoms with van der Waals surface area (Å²) in [5.74, 6) is 0.235. The first-order valence-electron chi connectivity index (χ1n) is 9.49. The lowest BCUT2D eigenvalue weighted by molar-refractivity contribution is 0.333. The number of hydrogen-bond donors (Lipinski definition) is 2. The van der Waals surface area contributed by atoms with Gasteiger partial charge in [0.25, 0.3) is 0 Å². The number of anilines is 1. The highest BCUT2D eigenvalue weighted by molar-refractivity contribution is 7.90. The quantitative estimate of drug-likeness (QED) is 0.756. The maximum atomic E-state index is 13.3. The third-order valence-electron chi connectivity index (χ3n) is 5.04. The molecule has 3 rings (SSSR count). The molecule has 0 atom stereocenters. The van der Waals surface area contributed by atoms with Crippen LogP contribution in [0.2, 0.25) is 0 Å². The van der Waals surface area contributed by atoms with Crippen LogP contribution in [-0.2, 0) is 10.0 Å². The summed E-state index contributed by atoms with van der Waals surface area (Å²) < 4.78 is 45.2. The number of sulfonamides is 1. The molecular formula is C19H27FN4O3S. The number of rotatable bonds is 6. The normalized spacial score (nSPS) is 20.9. The lowest BCUT2D eigenvalue weighted by atomic mass is 9.86. The topological polar surface area (TPSA) is 97.1 Å². The fourth-order valence-corrected chi connectivity index (χ4v) is 4.04. The van der Waals surface area contributed by atoms with Gasteiger partial charge in [0, 0.05) is 18.2 Å². The van der Waals surface area contributed by atoms with Crippen LogP contribution in [0.15, 0.2) is 28.7 Å². The van der Waals surface area contributed by atoms with Crippen LogP contribution in [0.3, 0.4) is 0 Å². The molecule has 1 fully saturated rings. The van der Waals surface area contributed by atoms with E-state index >= 15 is 0 Å². The zero-order chi connectivity index (χ0) is 20.4. The lowest BCUT2D eigenvalue weighted by Crippen LogP contribution is -2.42. The van der Waals surface area contributed by atoms with Gasteiger partial charge in [0.05, 0.1) is 4.75 Å². The molecule has 0 radical (unpaired) electrons. The van der Waals surface area contributed by atoms with Crippen molar-refractivity contribution in [2.45, 2.75) is 57.2 Å². The summed E-state index contributed by atoms with van der Waals surface area (Å²) >= 11 is 0. The maximum absolute atomic E-state index is 13.3. The molecule has 0 unspecified atom stereocenters. The van der Waals surface area contributed by atoms with Crippen LogP contribution < -0.4 is 10.0 Å². The standard InChI is InChI=1S/C19H27FN4O3S/c1-19(2,3)28(25,26)21-12-13-7-9-16(10-8-13)22-18-24-23-17(27-18)14-5-4-6-15(20)11-14/h4-6,11,13,16,21H,7-10,12H2,1-3H3,(H,22,24)/t13-,16-. The smallest absolute Gasteiger partial charge is 0.315 e. The third kappa shape index (κ3) is 5.08. The fourth-order valence-electron chi connectivity index (χ4n) is 3.15. The zero-order valence-electron chi connectivity index (χ0n) is 16.4.